The molecule has 9 heavy (non-hydrogen) atoms. The lowest BCUT2D eigenvalue weighted by Gasteiger charge is -2.08. The van der Waals surface area contributed by atoms with Gasteiger partial charge in [-0.3, -0.25) is 0 Å². The predicted octanol–water partition coefficient (Wildman–Crippen LogP) is 0.0891. The van der Waals surface area contributed by atoms with E-state index in [-0.39, 0.29) is 0 Å². The van der Waals surface area contributed by atoms with E-state index >= 15 is 0 Å². The average Bonchev–Trinajstić information content (AvgIpc) is 1.80. The highest BCUT2D eigenvalue weighted by Crippen LogP contribution is 1.73. The fourth-order valence-electron chi connectivity index (χ4n) is 0.402. The Balaban J connectivity index is 2.75. The van der Waals surface area contributed by atoms with Crippen molar-refractivity contribution in [2.45, 2.75) is 6.92 Å². The number of nitrogens with zero attached hydrogens (tertiary/aromatic N) is 1. The van der Waals surface area contributed by atoms with Gasteiger partial charge in [0, 0.05) is 13.1 Å². The molecule has 3 heteroatoms. The fourth-order valence-corrected chi connectivity index (χ4v) is 0.402. The van der Waals surface area contributed by atoms with Gasteiger partial charge in [-0.05, 0) is 14.1 Å². The fraction of sp³-hybridized carbons (Fsp3) is 1.00. The lowest BCUT2D eigenvalue weighted by molar-refractivity contribution is 0.0357. The normalized spacial score (nSPS) is 10.7. The van der Waals surface area contributed by atoms with Gasteiger partial charge in [0.15, 0.2) is 0 Å². The molecule has 0 unspecified atom stereocenters. The Morgan fingerprint density at radius 1 is 1.44 bits per heavy atom. The van der Waals surface area contributed by atoms with E-state index in [0.717, 1.165) is 19.7 Å². The zero-order valence-electron chi connectivity index (χ0n) is 6.48. The molecule has 0 radical (unpaired) electrons. The molecule has 0 aromatic heterocycles. The maximum absolute atomic E-state index is 5.00. The van der Waals surface area contributed by atoms with Gasteiger partial charge in [-0.25, -0.2) is 5.48 Å². The highest BCUT2D eigenvalue weighted by atomic mass is 16.6. The first-order chi connectivity index (χ1) is 4.27. The summed E-state index contributed by atoms with van der Waals surface area (Å²) in [5, 5.41) is 0. The Labute approximate surface area is 56.9 Å². The van der Waals surface area contributed by atoms with Gasteiger partial charge in [-0.15, -0.1) is 0 Å². The van der Waals surface area contributed by atoms with Crippen molar-refractivity contribution in [2.24, 2.45) is 0 Å². The van der Waals surface area contributed by atoms with Gasteiger partial charge in [0.2, 0.25) is 0 Å². The number of likely N-dealkylation sites (N-methyl/N-ethyl adjacent to an activating group) is 1. The summed E-state index contributed by atoms with van der Waals surface area (Å²) in [5.74, 6) is 0. The molecule has 56 valence electrons. The van der Waals surface area contributed by atoms with Gasteiger partial charge in [0.1, 0.15) is 0 Å². The van der Waals surface area contributed by atoms with E-state index in [1.54, 1.807) is 0 Å². The van der Waals surface area contributed by atoms with E-state index in [4.69, 9.17) is 4.84 Å². The van der Waals surface area contributed by atoms with Gasteiger partial charge in [0.05, 0.1) is 6.61 Å². The third kappa shape index (κ3) is 7.88. The molecule has 0 saturated carbocycles. The first-order valence-electron chi connectivity index (χ1n) is 3.26. The summed E-state index contributed by atoms with van der Waals surface area (Å²) in [6.07, 6.45) is 0. The van der Waals surface area contributed by atoms with Crippen LogP contribution in [0.25, 0.3) is 0 Å². The van der Waals surface area contributed by atoms with Crippen LogP contribution in [0.1, 0.15) is 6.92 Å². The summed E-state index contributed by atoms with van der Waals surface area (Å²) in [6, 6.07) is 0. The maximum Gasteiger partial charge on any atom is 0.0809 e. The SMILES string of the molecule is CCNOCCN(C)C. The lowest BCUT2D eigenvalue weighted by atomic mass is 10.6. The second kappa shape index (κ2) is 6.01. The highest BCUT2D eigenvalue weighted by molar-refractivity contribution is 4.37. The summed E-state index contributed by atoms with van der Waals surface area (Å²) in [7, 11) is 4.05. The van der Waals surface area contributed by atoms with Gasteiger partial charge >= 0.3 is 0 Å². The van der Waals surface area contributed by atoms with Crippen LogP contribution in [0.4, 0.5) is 0 Å². The number of hydrogen-bond acceptors (Lipinski definition) is 3. The minimum atomic E-state index is 0.751. The molecule has 0 aliphatic rings. The third-order valence-electron chi connectivity index (χ3n) is 0.887. The molecule has 0 aliphatic heterocycles. The van der Waals surface area contributed by atoms with Crippen LogP contribution in [-0.4, -0.2) is 38.7 Å². The van der Waals surface area contributed by atoms with Crippen LogP contribution in [0.5, 0.6) is 0 Å². The molecule has 0 saturated heterocycles. The van der Waals surface area contributed by atoms with Crippen molar-refractivity contribution in [2.75, 3.05) is 33.8 Å². The van der Waals surface area contributed by atoms with Gasteiger partial charge in [0.25, 0.3) is 0 Å². The minimum absolute atomic E-state index is 0.751. The molecule has 1 N–H and O–H groups in total. The Morgan fingerprint density at radius 3 is 2.56 bits per heavy atom. The molecule has 0 aliphatic carbocycles. The minimum Gasteiger partial charge on any atom is -0.307 e. The molecule has 0 aromatic carbocycles. The summed E-state index contributed by atoms with van der Waals surface area (Å²) in [4.78, 5) is 7.08. The molecule has 0 atom stereocenters. The lowest BCUT2D eigenvalue weighted by Crippen LogP contribution is -2.23. The molecule has 0 spiro atoms. The summed E-state index contributed by atoms with van der Waals surface area (Å²) >= 11 is 0. The van der Waals surface area contributed by atoms with Gasteiger partial charge in [-0.1, -0.05) is 6.92 Å². The van der Waals surface area contributed by atoms with Crippen molar-refractivity contribution in [3.63, 3.8) is 0 Å². The third-order valence-corrected chi connectivity index (χ3v) is 0.887. The number of rotatable bonds is 5. The molecule has 0 aromatic rings. The topological polar surface area (TPSA) is 24.5 Å². The Hall–Kier alpha value is -0.120. The van der Waals surface area contributed by atoms with E-state index < -0.39 is 0 Å². The average molecular weight is 132 g/mol. The predicted molar refractivity (Wildman–Crippen MR) is 38.2 cm³/mol. The van der Waals surface area contributed by atoms with Crippen LogP contribution >= 0.6 is 0 Å². The molecule has 0 amide bonds. The van der Waals surface area contributed by atoms with Crippen molar-refractivity contribution in [1.29, 1.82) is 0 Å². The van der Waals surface area contributed by atoms with Crippen molar-refractivity contribution < 1.29 is 4.84 Å². The van der Waals surface area contributed by atoms with Crippen molar-refractivity contribution in [1.82, 2.24) is 10.4 Å². The van der Waals surface area contributed by atoms with Crippen molar-refractivity contribution >= 4 is 0 Å². The second-order valence-corrected chi connectivity index (χ2v) is 2.15. The van der Waals surface area contributed by atoms with Crippen LogP contribution < -0.4 is 5.48 Å². The molecular weight excluding hydrogens is 116 g/mol. The molecular formula is C6H16N2O. The van der Waals surface area contributed by atoms with Crippen LogP contribution in [0.15, 0.2) is 0 Å². The number of hydroxylamine groups is 1. The highest BCUT2D eigenvalue weighted by Gasteiger charge is 1.87. The van der Waals surface area contributed by atoms with Gasteiger partial charge in [-0.2, -0.15) is 0 Å². The van der Waals surface area contributed by atoms with Crippen LogP contribution in [0.3, 0.4) is 0 Å². The first-order valence-corrected chi connectivity index (χ1v) is 3.26. The monoisotopic (exact) mass is 132 g/mol. The smallest absolute Gasteiger partial charge is 0.0809 e. The Morgan fingerprint density at radius 2 is 2.11 bits per heavy atom. The van der Waals surface area contributed by atoms with Gasteiger partial charge < -0.3 is 9.74 Å². The van der Waals surface area contributed by atoms with E-state index in [0.29, 0.717) is 0 Å². The van der Waals surface area contributed by atoms with Crippen molar-refractivity contribution in [3.8, 4) is 0 Å². The Kier molecular flexibility index (Phi) is 5.93. The summed E-state index contributed by atoms with van der Waals surface area (Å²) in [5.41, 5.74) is 2.78. The second-order valence-electron chi connectivity index (χ2n) is 2.15. The number of nitrogens with one attached hydrogen (secondary N) is 1. The summed E-state index contributed by atoms with van der Waals surface area (Å²) in [6.45, 7) is 4.59. The summed E-state index contributed by atoms with van der Waals surface area (Å²) < 4.78 is 0. The zero-order valence-corrected chi connectivity index (χ0v) is 6.48. The van der Waals surface area contributed by atoms with Crippen LogP contribution in [0.2, 0.25) is 0 Å². The zero-order chi connectivity index (χ0) is 7.11. The first kappa shape index (κ1) is 8.88. The largest absolute Gasteiger partial charge is 0.307 e. The molecule has 0 fully saturated rings. The van der Waals surface area contributed by atoms with E-state index in [9.17, 15) is 0 Å². The standard InChI is InChI=1S/C6H16N2O/c1-4-7-9-6-5-8(2)3/h7H,4-6H2,1-3H3. The maximum atomic E-state index is 5.00. The molecule has 0 bridgehead atoms. The molecule has 0 heterocycles. The van der Waals surface area contributed by atoms with Crippen LogP contribution in [0, 0.1) is 0 Å². The van der Waals surface area contributed by atoms with E-state index in [1.165, 1.54) is 0 Å². The quantitative estimate of drug-likeness (QED) is 0.424. The Bertz CT molecular complexity index is 57.0. The van der Waals surface area contributed by atoms with E-state index in [1.807, 2.05) is 21.0 Å². The molecule has 0 rings (SSSR count). The number of hydrogen-bond donors (Lipinski definition) is 1. The van der Waals surface area contributed by atoms with Crippen LogP contribution in [-0.2, 0) is 4.84 Å². The molecule has 3 nitrogen and oxygen atoms in total. The van der Waals surface area contributed by atoms with E-state index in [2.05, 4.69) is 10.4 Å². The van der Waals surface area contributed by atoms with Crippen molar-refractivity contribution in [3.05, 3.63) is 0 Å².